The molecule has 0 aliphatic carbocycles. The van der Waals surface area contributed by atoms with E-state index in [-0.39, 0.29) is 0 Å². The van der Waals surface area contributed by atoms with Crippen LogP contribution < -0.4 is 4.90 Å². The zero-order chi connectivity index (χ0) is 45.9. The summed E-state index contributed by atoms with van der Waals surface area (Å²) in [6, 6.07) is 104. The number of hydrogen-bond acceptors (Lipinski definition) is 1. The van der Waals surface area contributed by atoms with Crippen LogP contribution in [0.15, 0.2) is 285 Å². The first-order chi connectivity index (χ1) is 34.3. The minimum atomic E-state index is 1.07. The van der Waals surface area contributed by atoms with Gasteiger partial charge in [0.15, 0.2) is 0 Å². The van der Waals surface area contributed by atoms with E-state index < -0.39 is 0 Å². The Bertz CT molecular complexity index is 3730. The van der Waals surface area contributed by atoms with Crippen molar-refractivity contribution < 1.29 is 0 Å². The van der Waals surface area contributed by atoms with Crippen molar-refractivity contribution in [2.75, 3.05) is 4.90 Å². The average molecular weight is 878 g/mol. The first-order valence-corrected chi connectivity index (χ1v) is 23.8. The Morgan fingerprint density at radius 2 is 0.609 bits per heavy atom. The minimum absolute atomic E-state index is 1.07. The van der Waals surface area contributed by atoms with Crippen molar-refractivity contribution in [3.05, 3.63) is 285 Å². The summed E-state index contributed by atoms with van der Waals surface area (Å²) in [6.07, 6.45) is 0. The van der Waals surface area contributed by atoms with Gasteiger partial charge in [-0.3, -0.25) is 0 Å². The summed E-state index contributed by atoms with van der Waals surface area (Å²) in [6.45, 7) is 0. The normalized spacial score (nSPS) is 11.2. The molecule has 0 saturated heterocycles. The lowest BCUT2D eigenvalue weighted by Gasteiger charge is -2.29. The van der Waals surface area contributed by atoms with Crippen LogP contribution in [0.4, 0.5) is 17.1 Å². The van der Waals surface area contributed by atoms with Crippen LogP contribution in [0.25, 0.3) is 99.4 Å². The van der Waals surface area contributed by atoms with Crippen LogP contribution >= 0.6 is 0 Å². The third kappa shape index (κ3) is 7.86. The van der Waals surface area contributed by atoms with Crippen LogP contribution in [0, 0.1) is 0 Å². The van der Waals surface area contributed by atoms with Gasteiger partial charge >= 0.3 is 0 Å². The molecule has 12 rings (SSSR count). The zero-order valence-corrected chi connectivity index (χ0v) is 38.1. The Morgan fingerprint density at radius 3 is 1.23 bits per heavy atom. The lowest BCUT2D eigenvalue weighted by atomic mass is 9.84. The maximum Gasteiger partial charge on any atom is 0.0540 e. The number of rotatable bonds is 10. The van der Waals surface area contributed by atoms with Gasteiger partial charge in [0.1, 0.15) is 0 Å². The molecule has 0 aliphatic rings. The predicted molar refractivity (Wildman–Crippen MR) is 294 cm³/mol. The van der Waals surface area contributed by atoms with E-state index in [9.17, 15) is 0 Å². The van der Waals surface area contributed by atoms with E-state index in [1.165, 1.54) is 77.2 Å². The summed E-state index contributed by atoms with van der Waals surface area (Å²) >= 11 is 0. The van der Waals surface area contributed by atoms with E-state index in [0.717, 1.165) is 39.3 Å². The molecule has 0 bridgehead atoms. The van der Waals surface area contributed by atoms with Crippen LogP contribution in [-0.2, 0) is 0 Å². The van der Waals surface area contributed by atoms with Gasteiger partial charge in [0.2, 0.25) is 0 Å². The molecular formula is C68H47N. The smallest absolute Gasteiger partial charge is 0.0540 e. The molecule has 0 heterocycles. The standard InChI is InChI=1S/C68H47N/c1-6-22-48(23-7-1)54-32-20-33-57(46-54)69(56-43-40-50(41-44-56)60-38-21-37-59(49-24-8-2-9-25-49)66(60)51-26-10-3-11-27-51)65-39-19-18-34-58(65)55-42-45-62-61-35-16-17-36-63(61)67(52-28-12-4-13-29-52)68(64(62)47-55)53-30-14-5-15-31-53/h1-47H. The predicted octanol–water partition coefficient (Wildman–Crippen LogP) is 19.1. The van der Waals surface area contributed by atoms with E-state index in [4.69, 9.17) is 0 Å². The molecule has 0 aromatic heterocycles. The molecule has 0 atom stereocenters. The molecule has 0 aliphatic heterocycles. The van der Waals surface area contributed by atoms with Crippen molar-refractivity contribution >= 4 is 38.6 Å². The van der Waals surface area contributed by atoms with Crippen molar-refractivity contribution in [2.24, 2.45) is 0 Å². The van der Waals surface area contributed by atoms with Crippen LogP contribution in [0.2, 0.25) is 0 Å². The number of para-hydroxylation sites is 1. The van der Waals surface area contributed by atoms with Crippen molar-refractivity contribution in [1.29, 1.82) is 0 Å². The Morgan fingerprint density at radius 1 is 0.188 bits per heavy atom. The highest BCUT2D eigenvalue weighted by atomic mass is 15.1. The van der Waals surface area contributed by atoms with Gasteiger partial charge in [0.05, 0.1) is 5.69 Å². The molecule has 0 radical (unpaired) electrons. The summed E-state index contributed by atoms with van der Waals surface area (Å²) in [5.74, 6) is 0. The van der Waals surface area contributed by atoms with Gasteiger partial charge in [-0.15, -0.1) is 0 Å². The van der Waals surface area contributed by atoms with E-state index >= 15 is 0 Å². The van der Waals surface area contributed by atoms with Gasteiger partial charge in [-0.2, -0.15) is 0 Å². The fourth-order valence-electron chi connectivity index (χ4n) is 10.3. The van der Waals surface area contributed by atoms with Crippen LogP contribution in [-0.4, -0.2) is 0 Å². The number of benzene rings is 12. The maximum absolute atomic E-state index is 2.43. The third-order valence-corrected chi connectivity index (χ3v) is 13.5. The molecule has 0 unspecified atom stereocenters. The molecule has 1 heteroatoms. The van der Waals surface area contributed by atoms with E-state index in [1.807, 2.05) is 0 Å². The van der Waals surface area contributed by atoms with Crippen LogP contribution in [0.1, 0.15) is 0 Å². The van der Waals surface area contributed by atoms with Crippen molar-refractivity contribution in [1.82, 2.24) is 0 Å². The summed E-state index contributed by atoms with van der Waals surface area (Å²) in [5.41, 5.74) is 20.0. The second-order valence-electron chi connectivity index (χ2n) is 17.6. The molecule has 12 aromatic carbocycles. The third-order valence-electron chi connectivity index (χ3n) is 13.5. The zero-order valence-electron chi connectivity index (χ0n) is 38.1. The first-order valence-electron chi connectivity index (χ1n) is 23.8. The van der Waals surface area contributed by atoms with Gasteiger partial charge < -0.3 is 4.90 Å². The molecule has 1 nitrogen and oxygen atoms in total. The number of hydrogen-bond donors (Lipinski definition) is 0. The van der Waals surface area contributed by atoms with E-state index in [2.05, 4.69) is 290 Å². The Kier molecular flexibility index (Phi) is 11.0. The number of nitrogens with zero attached hydrogens (tertiary/aromatic N) is 1. The summed E-state index contributed by atoms with van der Waals surface area (Å²) in [4.78, 5) is 2.43. The Hall–Kier alpha value is -9.04. The van der Waals surface area contributed by atoms with Crippen LogP contribution in [0.3, 0.4) is 0 Å². The second kappa shape index (κ2) is 18.3. The molecule has 69 heavy (non-hydrogen) atoms. The van der Waals surface area contributed by atoms with E-state index in [0.29, 0.717) is 0 Å². The van der Waals surface area contributed by atoms with Gasteiger partial charge in [0, 0.05) is 16.9 Å². The fourth-order valence-corrected chi connectivity index (χ4v) is 10.3. The molecule has 324 valence electrons. The van der Waals surface area contributed by atoms with E-state index in [1.54, 1.807) is 0 Å². The largest absolute Gasteiger partial charge is 0.310 e. The van der Waals surface area contributed by atoms with Gasteiger partial charge in [0.25, 0.3) is 0 Å². The topological polar surface area (TPSA) is 3.24 Å². The number of fused-ring (bicyclic) bond motifs is 3. The molecule has 12 aromatic rings. The Labute approximate surface area is 404 Å². The monoisotopic (exact) mass is 877 g/mol. The minimum Gasteiger partial charge on any atom is -0.310 e. The van der Waals surface area contributed by atoms with Gasteiger partial charge in [-0.1, -0.05) is 249 Å². The lowest BCUT2D eigenvalue weighted by molar-refractivity contribution is 1.28. The second-order valence-corrected chi connectivity index (χ2v) is 17.6. The van der Waals surface area contributed by atoms with Crippen molar-refractivity contribution in [3.8, 4) is 77.9 Å². The first kappa shape index (κ1) is 41.4. The Balaban J connectivity index is 1.06. The molecule has 0 amide bonds. The number of anilines is 3. The maximum atomic E-state index is 2.43. The molecule has 0 saturated carbocycles. The highest BCUT2D eigenvalue weighted by molar-refractivity contribution is 6.22. The molecule has 0 fully saturated rings. The molecule has 0 N–H and O–H groups in total. The summed E-state index contributed by atoms with van der Waals surface area (Å²) in [7, 11) is 0. The molecule has 0 spiro atoms. The molecular weight excluding hydrogens is 831 g/mol. The fraction of sp³-hybridized carbons (Fsp3) is 0. The lowest BCUT2D eigenvalue weighted by Crippen LogP contribution is -2.11. The highest BCUT2D eigenvalue weighted by Crippen LogP contribution is 2.48. The SMILES string of the molecule is c1ccc(-c2cccc(N(c3ccc(-c4cccc(-c5ccccc5)c4-c4ccccc4)cc3)c3ccccc3-c3ccc4c(c3)c(-c3ccccc3)c(-c3ccccc3)c3ccccc34)c2)cc1. The van der Waals surface area contributed by atoms with Crippen molar-refractivity contribution in [2.45, 2.75) is 0 Å². The van der Waals surface area contributed by atoms with Gasteiger partial charge in [-0.05, 0) is 130 Å². The summed E-state index contributed by atoms with van der Waals surface area (Å²) < 4.78 is 0. The average Bonchev–Trinajstić information content (AvgIpc) is 3.44. The quantitative estimate of drug-likeness (QED) is 0.124. The van der Waals surface area contributed by atoms with Gasteiger partial charge in [-0.25, -0.2) is 0 Å². The van der Waals surface area contributed by atoms with Crippen molar-refractivity contribution in [3.63, 3.8) is 0 Å². The summed E-state index contributed by atoms with van der Waals surface area (Å²) in [5, 5.41) is 4.95. The van der Waals surface area contributed by atoms with Crippen LogP contribution in [0.5, 0.6) is 0 Å². The highest BCUT2D eigenvalue weighted by Gasteiger charge is 2.22.